The fourth-order valence-corrected chi connectivity index (χ4v) is 1.47. The molecule has 1 heterocycles. The van der Waals surface area contributed by atoms with Crippen molar-refractivity contribution in [1.29, 1.82) is 0 Å². The molecule has 0 atom stereocenters. The molecule has 1 N–H and O–H groups in total. The van der Waals surface area contributed by atoms with Crippen LogP contribution in [0.4, 0.5) is 0 Å². The zero-order valence-electron chi connectivity index (χ0n) is 9.96. The van der Waals surface area contributed by atoms with Crippen LogP contribution in [0.25, 0.3) is 0 Å². The van der Waals surface area contributed by atoms with Gasteiger partial charge in [-0.2, -0.15) is 0 Å². The number of carbonyl (C=O) groups is 2. The second-order valence-corrected chi connectivity index (χ2v) is 3.97. The maximum absolute atomic E-state index is 12.1. The summed E-state index contributed by atoms with van der Waals surface area (Å²) in [6.45, 7) is 3.94. The number of amides is 1. The number of carboxylic acids is 1. The number of aromatic nitrogens is 1. The van der Waals surface area contributed by atoms with E-state index in [1.807, 2.05) is 13.8 Å². The molecular formula is C12H16N2O3. The van der Waals surface area contributed by atoms with Crippen molar-refractivity contribution in [3.63, 3.8) is 0 Å². The van der Waals surface area contributed by atoms with Gasteiger partial charge in [0.15, 0.2) is 0 Å². The van der Waals surface area contributed by atoms with E-state index < -0.39 is 5.97 Å². The molecule has 0 bridgehead atoms. The number of hydrogen-bond acceptors (Lipinski definition) is 3. The molecule has 1 rings (SSSR count). The number of aliphatic carboxylic acids is 1. The van der Waals surface area contributed by atoms with E-state index in [2.05, 4.69) is 4.98 Å². The van der Waals surface area contributed by atoms with E-state index in [0.717, 1.165) is 0 Å². The number of carbonyl (C=O) groups excluding carboxylic acids is 1. The summed E-state index contributed by atoms with van der Waals surface area (Å²) in [4.78, 5) is 28.0. The zero-order valence-corrected chi connectivity index (χ0v) is 9.96. The zero-order chi connectivity index (χ0) is 12.8. The van der Waals surface area contributed by atoms with Crippen LogP contribution in [-0.2, 0) is 4.79 Å². The molecular weight excluding hydrogens is 220 g/mol. The van der Waals surface area contributed by atoms with Crippen molar-refractivity contribution >= 4 is 11.9 Å². The summed E-state index contributed by atoms with van der Waals surface area (Å²) in [6, 6.07) is 3.21. The summed E-state index contributed by atoms with van der Waals surface area (Å²) < 4.78 is 0. The smallest absolute Gasteiger partial charge is 0.305 e. The van der Waals surface area contributed by atoms with Crippen LogP contribution in [0.2, 0.25) is 0 Å². The fourth-order valence-electron chi connectivity index (χ4n) is 1.47. The Bertz CT molecular complexity index is 390. The van der Waals surface area contributed by atoms with E-state index in [-0.39, 0.29) is 24.9 Å². The second kappa shape index (κ2) is 5.98. The Labute approximate surface area is 100 Å². The van der Waals surface area contributed by atoms with Crippen LogP contribution in [0.15, 0.2) is 24.5 Å². The maximum Gasteiger partial charge on any atom is 0.305 e. The molecule has 0 spiro atoms. The van der Waals surface area contributed by atoms with Crippen LogP contribution >= 0.6 is 0 Å². The van der Waals surface area contributed by atoms with E-state index in [1.165, 1.54) is 0 Å². The Morgan fingerprint density at radius 1 is 1.35 bits per heavy atom. The molecule has 17 heavy (non-hydrogen) atoms. The molecule has 1 aromatic rings. The summed E-state index contributed by atoms with van der Waals surface area (Å²) in [5.41, 5.74) is 0.527. The lowest BCUT2D eigenvalue weighted by Gasteiger charge is -2.26. The minimum atomic E-state index is -0.904. The van der Waals surface area contributed by atoms with Crippen LogP contribution in [0.1, 0.15) is 30.6 Å². The van der Waals surface area contributed by atoms with Crippen LogP contribution in [0, 0.1) is 0 Å². The topological polar surface area (TPSA) is 70.5 Å². The van der Waals surface area contributed by atoms with Gasteiger partial charge in [-0.05, 0) is 26.0 Å². The summed E-state index contributed by atoms with van der Waals surface area (Å²) in [6.07, 6.45) is 3.04. The standard InChI is InChI=1S/C12H16N2O3/c1-9(2)14(8-5-11(15)16)12(17)10-3-6-13-7-4-10/h3-4,6-7,9H,5,8H2,1-2H3,(H,15,16). The van der Waals surface area contributed by atoms with Gasteiger partial charge < -0.3 is 10.0 Å². The summed E-state index contributed by atoms with van der Waals surface area (Å²) in [5.74, 6) is -1.07. The number of nitrogens with zero attached hydrogens (tertiary/aromatic N) is 2. The Hall–Kier alpha value is -1.91. The lowest BCUT2D eigenvalue weighted by atomic mass is 10.2. The van der Waals surface area contributed by atoms with E-state index in [1.54, 1.807) is 29.4 Å². The third-order valence-corrected chi connectivity index (χ3v) is 2.38. The van der Waals surface area contributed by atoms with Crippen molar-refractivity contribution < 1.29 is 14.7 Å². The van der Waals surface area contributed by atoms with Crippen molar-refractivity contribution in [1.82, 2.24) is 9.88 Å². The molecule has 0 saturated carbocycles. The van der Waals surface area contributed by atoms with Crippen molar-refractivity contribution in [3.05, 3.63) is 30.1 Å². The highest BCUT2D eigenvalue weighted by atomic mass is 16.4. The largest absolute Gasteiger partial charge is 0.481 e. The number of carboxylic acid groups (broad SMARTS) is 1. The first kappa shape index (κ1) is 13.2. The van der Waals surface area contributed by atoms with Gasteiger partial charge in [0.25, 0.3) is 5.91 Å². The number of hydrogen-bond donors (Lipinski definition) is 1. The summed E-state index contributed by atoms with van der Waals surface area (Å²) in [5, 5.41) is 8.65. The summed E-state index contributed by atoms with van der Waals surface area (Å²) >= 11 is 0. The highest BCUT2D eigenvalue weighted by molar-refractivity contribution is 5.94. The lowest BCUT2D eigenvalue weighted by Crippen LogP contribution is -2.38. The quantitative estimate of drug-likeness (QED) is 0.839. The first-order valence-corrected chi connectivity index (χ1v) is 5.45. The normalized spacial score (nSPS) is 10.3. The van der Waals surface area contributed by atoms with Gasteiger partial charge in [-0.15, -0.1) is 0 Å². The van der Waals surface area contributed by atoms with Crippen LogP contribution in [0.3, 0.4) is 0 Å². The third-order valence-electron chi connectivity index (χ3n) is 2.38. The van der Waals surface area contributed by atoms with E-state index in [9.17, 15) is 9.59 Å². The van der Waals surface area contributed by atoms with E-state index >= 15 is 0 Å². The van der Waals surface area contributed by atoms with Gasteiger partial charge in [0, 0.05) is 30.5 Å². The molecule has 5 heteroatoms. The Morgan fingerprint density at radius 3 is 2.41 bits per heavy atom. The molecule has 5 nitrogen and oxygen atoms in total. The Morgan fingerprint density at radius 2 is 1.94 bits per heavy atom. The Kier molecular flexibility index (Phi) is 4.63. The second-order valence-electron chi connectivity index (χ2n) is 3.97. The molecule has 92 valence electrons. The van der Waals surface area contributed by atoms with Gasteiger partial charge in [0.2, 0.25) is 0 Å². The minimum Gasteiger partial charge on any atom is -0.481 e. The van der Waals surface area contributed by atoms with Gasteiger partial charge >= 0.3 is 5.97 Å². The predicted octanol–water partition coefficient (Wildman–Crippen LogP) is 1.41. The van der Waals surface area contributed by atoms with Crippen LogP contribution in [0.5, 0.6) is 0 Å². The van der Waals surface area contributed by atoms with Gasteiger partial charge in [-0.1, -0.05) is 0 Å². The highest BCUT2D eigenvalue weighted by Crippen LogP contribution is 2.08. The van der Waals surface area contributed by atoms with Crippen LogP contribution in [-0.4, -0.2) is 39.5 Å². The van der Waals surface area contributed by atoms with Gasteiger partial charge in [-0.3, -0.25) is 14.6 Å². The van der Waals surface area contributed by atoms with Crippen molar-refractivity contribution in [2.45, 2.75) is 26.3 Å². The SMILES string of the molecule is CC(C)N(CCC(=O)O)C(=O)c1ccncc1. The minimum absolute atomic E-state index is 0.0324. The molecule has 0 saturated heterocycles. The van der Waals surface area contributed by atoms with Crippen molar-refractivity contribution in [3.8, 4) is 0 Å². The molecule has 0 aliphatic heterocycles. The van der Waals surface area contributed by atoms with Gasteiger partial charge in [-0.25, -0.2) is 0 Å². The average Bonchev–Trinajstić information content (AvgIpc) is 2.29. The monoisotopic (exact) mass is 236 g/mol. The molecule has 0 fully saturated rings. The van der Waals surface area contributed by atoms with Gasteiger partial charge in [0.05, 0.1) is 6.42 Å². The highest BCUT2D eigenvalue weighted by Gasteiger charge is 2.19. The third kappa shape index (κ3) is 3.86. The van der Waals surface area contributed by atoms with Gasteiger partial charge in [0.1, 0.15) is 0 Å². The molecule has 0 unspecified atom stereocenters. The number of rotatable bonds is 5. The lowest BCUT2D eigenvalue weighted by molar-refractivity contribution is -0.137. The molecule has 0 aliphatic rings. The van der Waals surface area contributed by atoms with Crippen molar-refractivity contribution in [2.75, 3.05) is 6.54 Å². The van der Waals surface area contributed by atoms with Crippen molar-refractivity contribution in [2.24, 2.45) is 0 Å². The van der Waals surface area contributed by atoms with E-state index in [0.29, 0.717) is 5.56 Å². The first-order valence-electron chi connectivity index (χ1n) is 5.45. The molecule has 0 aromatic carbocycles. The Balaban J connectivity index is 2.77. The average molecular weight is 236 g/mol. The van der Waals surface area contributed by atoms with E-state index in [4.69, 9.17) is 5.11 Å². The molecule has 0 aliphatic carbocycles. The van der Waals surface area contributed by atoms with Crippen LogP contribution < -0.4 is 0 Å². The predicted molar refractivity (Wildman–Crippen MR) is 62.7 cm³/mol. The first-order chi connectivity index (χ1) is 8.02. The maximum atomic E-state index is 12.1. The molecule has 1 amide bonds. The summed E-state index contributed by atoms with van der Waals surface area (Å²) in [7, 11) is 0. The number of pyridine rings is 1. The molecule has 1 aromatic heterocycles. The molecule has 0 radical (unpaired) electrons. The fraction of sp³-hybridized carbons (Fsp3) is 0.417.